The molecule has 0 spiro atoms. The fraction of sp³-hybridized carbons (Fsp3) is 0.440. The van der Waals surface area contributed by atoms with E-state index in [4.69, 9.17) is 9.84 Å². The Labute approximate surface area is 181 Å². The summed E-state index contributed by atoms with van der Waals surface area (Å²) in [6.45, 7) is 4.72. The summed E-state index contributed by atoms with van der Waals surface area (Å²) in [4.78, 5) is 1.89. The van der Waals surface area contributed by atoms with Gasteiger partial charge in [0, 0.05) is 30.3 Å². The molecule has 0 saturated heterocycles. The van der Waals surface area contributed by atoms with Crippen LogP contribution in [0.15, 0.2) is 42.0 Å². The average molecular weight is 431 g/mol. The summed E-state index contributed by atoms with van der Waals surface area (Å²) in [6, 6.07) is 9.53. The zero-order valence-electron chi connectivity index (χ0n) is 18.1. The van der Waals surface area contributed by atoms with Crippen LogP contribution in [0.3, 0.4) is 0 Å². The lowest BCUT2D eigenvalue weighted by Crippen LogP contribution is -2.47. The van der Waals surface area contributed by atoms with Crippen LogP contribution in [-0.4, -0.2) is 41.5 Å². The predicted molar refractivity (Wildman–Crippen MR) is 115 cm³/mol. The van der Waals surface area contributed by atoms with Gasteiger partial charge in [0.1, 0.15) is 29.7 Å². The van der Waals surface area contributed by atoms with Crippen molar-refractivity contribution in [1.82, 2.24) is 4.90 Å². The number of halogens is 3. The molecule has 1 heterocycles. The Bertz CT molecular complexity index is 989. The predicted octanol–water partition coefficient (Wildman–Crippen LogP) is 5.23. The number of alkyl halides is 1. The highest BCUT2D eigenvalue weighted by Gasteiger charge is 2.42. The molecular weight excluding hydrogens is 403 g/mol. The van der Waals surface area contributed by atoms with Crippen molar-refractivity contribution >= 4 is 5.57 Å². The van der Waals surface area contributed by atoms with Gasteiger partial charge < -0.3 is 9.84 Å². The van der Waals surface area contributed by atoms with E-state index in [1.807, 2.05) is 30.0 Å². The smallest absolute Gasteiger partial charge is 0.134 e. The lowest BCUT2D eigenvalue weighted by Gasteiger charge is -2.44. The molecule has 2 aromatic rings. The van der Waals surface area contributed by atoms with E-state index in [-0.39, 0.29) is 37.1 Å². The topological polar surface area (TPSA) is 32.7 Å². The van der Waals surface area contributed by atoms with Gasteiger partial charge in [-0.15, -0.1) is 0 Å². The highest BCUT2D eigenvalue weighted by Crippen LogP contribution is 2.50. The molecule has 0 amide bonds. The molecule has 4 rings (SSSR count). The summed E-state index contributed by atoms with van der Waals surface area (Å²) in [5, 5.41) is 8.92. The normalized spacial score (nSPS) is 21.3. The van der Waals surface area contributed by atoms with Crippen LogP contribution in [0, 0.1) is 11.6 Å². The van der Waals surface area contributed by atoms with E-state index in [1.54, 1.807) is 0 Å². The Hall–Kier alpha value is -2.31. The second-order valence-electron chi connectivity index (χ2n) is 9.06. The Kier molecular flexibility index (Phi) is 5.88. The van der Waals surface area contributed by atoms with Crippen molar-refractivity contribution in [2.75, 3.05) is 19.8 Å². The van der Waals surface area contributed by atoms with Crippen molar-refractivity contribution in [3.8, 4) is 5.75 Å². The van der Waals surface area contributed by atoms with E-state index in [9.17, 15) is 4.39 Å². The first-order chi connectivity index (χ1) is 14.7. The van der Waals surface area contributed by atoms with Gasteiger partial charge in [-0.05, 0) is 55.9 Å². The third kappa shape index (κ3) is 4.23. The number of aliphatic hydroxyl groups is 1. The fourth-order valence-electron chi connectivity index (χ4n) is 4.91. The van der Waals surface area contributed by atoms with Crippen LogP contribution in [0.2, 0.25) is 0 Å². The largest absolute Gasteiger partial charge is 0.491 e. The van der Waals surface area contributed by atoms with Crippen molar-refractivity contribution in [3.05, 3.63) is 70.3 Å². The summed E-state index contributed by atoms with van der Waals surface area (Å²) < 4.78 is 50.6. The molecule has 2 atom stereocenters. The third-order valence-corrected chi connectivity index (χ3v) is 6.08. The van der Waals surface area contributed by atoms with E-state index in [2.05, 4.69) is 6.07 Å². The number of ether oxygens (including phenoxy) is 1. The van der Waals surface area contributed by atoms with Crippen LogP contribution >= 0.6 is 0 Å². The number of hydrogen-bond donors (Lipinski definition) is 1. The lowest BCUT2D eigenvalue weighted by atomic mass is 9.84. The monoisotopic (exact) mass is 431 g/mol. The Balaban J connectivity index is 1.84. The molecule has 0 saturated carbocycles. The molecule has 3 nitrogen and oxygen atoms in total. The van der Waals surface area contributed by atoms with Gasteiger partial charge in [-0.2, -0.15) is 0 Å². The van der Waals surface area contributed by atoms with E-state index in [0.29, 0.717) is 12.8 Å². The molecule has 2 aliphatic rings. The number of nitrogens with zero attached hydrogens (tertiary/aromatic N) is 1. The van der Waals surface area contributed by atoms with Crippen molar-refractivity contribution in [2.24, 2.45) is 0 Å². The molecule has 0 fully saturated rings. The van der Waals surface area contributed by atoms with Gasteiger partial charge in [0.2, 0.25) is 0 Å². The van der Waals surface area contributed by atoms with Gasteiger partial charge in [0.15, 0.2) is 0 Å². The van der Waals surface area contributed by atoms with Crippen molar-refractivity contribution < 1.29 is 23.0 Å². The molecule has 0 aromatic heterocycles. The number of rotatable bonds is 6. The highest BCUT2D eigenvalue weighted by molar-refractivity contribution is 5.79. The zero-order valence-corrected chi connectivity index (χ0v) is 18.1. The first kappa shape index (κ1) is 21.9. The van der Waals surface area contributed by atoms with E-state index >= 15 is 8.78 Å². The first-order valence-corrected chi connectivity index (χ1v) is 10.7. The number of benzene rings is 2. The Morgan fingerprint density at radius 1 is 1.16 bits per heavy atom. The number of hydrogen-bond acceptors (Lipinski definition) is 3. The maximum Gasteiger partial charge on any atom is 0.134 e. The van der Waals surface area contributed by atoms with Gasteiger partial charge >= 0.3 is 0 Å². The molecule has 0 unspecified atom stereocenters. The summed E-state index contributed by atoms with van der Waals surface area (Å²) >= 11 is 0. The van der Waals surface area contributed by atoms with Gasteiger partial charge in [0.25, 0.3) is 0 Å². The highest BCUT2D eigenvalue weighted by atomic mass is 19.1. The molecule has 6 heteroatoms. The van der Waals surface area contributed by atoms with E-state index < -0.39 is 23.3 Å². The summed E-state index contributed by atoms with van der Waals surface area (Å²) in [7, 11) is 0. The SMILES string of the molecule is C[C@@H]1CC2=C(Cc3ccccc32)[C@@H](c2c(F)cc(OCCO)cc2F)N1CC(C)(C)F. The second-order valence-corrected chi connectivity index (χ2v) is 9.06. The molecule has 1 aliphatic heterocycles. The van der Waals surface area contributed by atoms with Gasteiger partial charge in [0.05, 0.1) is 12.6 Å². The minimum atomic E-state index is -1.52. The minimum absolute atomic E-state index is 0.0259. The van der Waals surface area contributed by atoms with E-state index in [1.165, 1.54) is 13.8 Å². The molecular formula is C25H28F3NO2. The molecule has 166 valence electrons. The average Bonchev–Trinajstić information content (AvgIpc) is 3.05. The molecule has 0 bridgehead atoms. The van der Waals surface area contributed by atoms with Crippen molar-refractivity contribution in [1.29, 1.82) is 0 Å². The number of aliphatic hydroxyl groups excluding tert-OH is 1. The van der Waals surface area contributed by atoms with Crippen molar-refractivity contribution in [2.45, 2.75) is 51.4 Å². The van der Waals surface area contributed by atoms with Crippen LogP contribution < -0.4 is 4.74 Å². The standard InChI is InChI=1S/C25H28F3NO2/c1-15-10-19-18-7-5-4-6-16(18)11-20(19)24(29(15)14-25(2,3)28)23-21(26)12-17(13-22(23)27)31-9-8-30/h4-7,12-13,15,24,30H,8-11,14H2,1-3H3/t15-,24+/m1/s1. The second kappa shape index (κ2) is 8.32. The molecule has 31 heavy (non-hydrogen) atoms. The summed E-state index contributed by atoms with van der Waals surface area (Å²) in [6.07, 6.45) is 1.30. The first-order valence-electron chi connectivity index (χ1n) is 10.7. The van der Waals surface area contributed by atoms with Crippen LogP contribution in [0.5, 0.6) is 5.75 Å². The summed E-state index contributed by atoms with van der Waals surface area (Å²) in [5.41, 5.74) is 2.71. The maximum absolute atomic E-state index is 15.3. The van der Waals surface area contributed by atoms with Gasteiger partial charge in [-0.3, -0.25) is 4.90 Å². The van der Waals surface area contributed by atoms with Gasteiger partial charge in [-0.25, -0.2) is 13.2 Å². The third-order valence-electron chi connectivity index (χ3n) is 6.08. The summed E-state index contributed by atoms with van der Waals surface area (Å²) in [5.74, 6) is -1.43. The van der Waals surface area contributed by atoms with E-state index in [0.717, 1.165) is 34.4 Å². The van der Waals surface area contributed by atoms with Gasteiger partial charge in [-0.1, -0.05) is 24.3 Å². The van der Waals surface area contributed by atoms with Crippen LogP contribution in [-0.2, 0) is 6.42 Å². The molecule has 2 aromatic carbocycles. The number of fused-ring (bicyclic) bond motifs is 2. The van der Waals surface area contributed by atoms with Crippen LogP contribution in [0.1, 0.15) is 49.9 Å². The fourth-order valence-corrected chi connectivity index (χ4v) is 4.91. The van der Waals surface area contributed by atoms with Crippen molar-refractivity contribution in [3.63, 3.8) is 0 Å². The molecule has 0 radical (unpaired) electrons. The minimum Gasteiger partial charge on any atom is -0.491 e. The maximum atomic E-state index is 15.3. The quantitative estimate of drug-likeness (QED) is 0.680. The zero-order chi connectivity index (χ0) is 22.3. The molecule has 1 aliphatic carbocycles. The Morgan fingerprint density at radius 2 is 1.84 bits per heavy atom. The Morgan fingerprint density at radius 3 is 2.48 bits per heavy atom. The van der Waals surface area contributed by atoms with Crippen LogP contribution in [0.4, 0.5) is 13.2 Å². The van der Waals surface area contributed by atoms with Crippen LogP contribution in [0.25, 0.3) is 5.57 Å². The molecule has 1 N–H and O–H groups in total. The lowest BCUT2D eigenvalue weighted by molar-refractivity contribution is 0.0676.